The summed E-state index contributed by atoms with van der Waals surface area (Å²) >= 11 is 1.33. The molecule has 1 N–H and O–H groups in total. The van der Waals surface area contributed by atoms with Crippen molar-refractivity contribution in [1.82, 2.24) is 4.98 Å². The van der Waals surface area contributed by atoms with Crippen molar-refractivity contribution in [3.63, 3.8) is 0 Å². The molecule has 19 heavy (non-hydrogen) atoms. The van der Waals surface area contributed by atoms with Crippen LogP contribution in [0, 0.1) is 0 Å². The molecule has 0 aromatic carbocycles. The van der Waals surface area contributed by atoms with Gasteiger partial charge in [0, 0.05) is 11.5 Å². The van der Waals surface area contributed by atoms with E-state index in [9.17, 15) is 4.79 Å². The number of oxazole rings is 1. The molecule has 0 aliphatic rings. The van der Waals surface area contributed by atoms with E-state index in [1.807, 2.05) is 20.8 Å². The van der Waals surface area contributed by atoms with Crippen molar-refractivity contribution in [1.29, 1.82) is 0 Å². The summed E-state index contributed by atoms with van der Waals surface area (Å²) < 4.78 is 10.7. The Hall–Kier alpha value is -1.69. The highest BCUT2D eigenvalue weighted by molar-refractivity contribution is 7.98. The van der Waals surface area contributed by atoms with E-state index in [1.54, 1.807) is 6.20 Å². The zero-order chi connectivity index (χ0) is 14.0. The molecular formula is C13H15NO4S. The van der Waals surface area contributed by atoms with Crippen LogP contribution < -0.4 is 5.43 Å². The fourth-order valence-corrected chi connectivity index (χ4v) is 2.02. The van der Waals surface area contributed by atoms with Crippen LogP contribution in [0.5, 0.6) is 5.75 Å². The molecule has 6 heteroatoms. The Kier molecular flexibility index (Phi) is 3.71. The van der Waals surface area contributed by atoms with Gasteiger partial charge < -0.3 is 13.9 Å². The second kappa shape index (κ2) is 5.13. The molecule has 0 aliphatic heterocycles. The molecule has 0 aliphatic carbocycles. The number of hydrogen-bond acceptors (Lipinski definition) is 6. The predicted molar refractivity (Wildman–Crippen MR) is 71.4 cm³/mol. The van der Waals surface area contributed by atoms with Crippen LogP contribution in [0.25, 0.3) is 0 Å². The van der Waals surface area contributed by atoms with Crippen molar-refractivity contribution in [3.05, 3.63) is 40.3 Å². The topological polar surface area (TPSA) is 76.5 Å². The molecule has 0 radical (unpaired) electrons. The molecule has 0 fully saturated rings. The van der Waals surface area contributed by atoms with Crippen LogP contribution in [-0.4, -0.2) is 10.1 Å². The van der Waals surface area contributed by atoms with Crippen molar-refractivity contribution in [3.8, 4) is 5.75 Å². The SMILES string of the molecule is CC(C)(C)c1cnc(SCc2cc(=O)c(O)co2)o1. The molecule has 102 valence electrons. The third kappa shape index (κ3) is 3.41. The minimum atomic E-state index is -0.454. The molecule has 2 heterocycles. The Morgan fingerprint density at radius 1 is 1.42 bits per heavy atom. The Labute approximate surface area is 114 Å². The summed E-state index contributed by atoms with van der Waals surface area (Å²) in [6.07, 6.45) is 2.74. The van der Waals surface area contributed by atoms with Crippen molar-refractivity contribution >= 4 is 11.8 Å². The fraction of sp³-hybridized carbons (Fsp3) is 0.385. The second-order valence-corrected chi connectivity index (χ2v) is 6.05. The smallest absolute Gasteiger partial charge is 0.256 e. The molecule has 0 bridgehead atoms. The van der Waals surface area contributed by atoms with Crippen molar-refractivity contribution < 1.29 is 13.9 Å². The maximum absolute atomic E-state index is 11.2. The van der Waals surface area contributed by atoms with Gasteiger partial charge in [0.1, 0.15) is 17.8 Å². The molecule has 2 aromatic heterocycles. The van der Waals surface area contributed by atoms with Crippen molar-refractivity contribution in [2.24, 2.45) is 0 Å². The first kappa shape index (κ1) is 13.7. The van der Waals surface area contributed by atoms with Gasteiger partial charge >= 0.3 is 0 Å². The summed E-state index contributed by atoms with van der Waals surface area (Å²) in [6.45, 7) is 6.13. The first-order valence-electron chi connectivity index (χ1n) is 5.76. The van der Waals surface area contributed by atoms with Gasteiger partial charge in [0.15, 0.2) is 5.75 Å². The third-order valence-corrected chi connectivity index (χ3v) is 3.29. The van der Waals surface area contributed by atoms with Gasteiger partial charge in [0.05, 0.1) is 11.9 Å². The molecule has 0 saturated carbocycles. The summed E-state index contributed by atoms with van der Waals surface area (Å²) in [6, 6.07) is 1.26. The molecular weight excluding hydrogens is 266 g/mol. The summed E-state index contributed by atoms with van der Waals surface area (Å²) in [5.74, 6) is 1.30. The lowest BCUT2D eigenvalue weighted by atomic mass is 9.94. The van der Waals surface area contributed by atoms with Crippen LogP contribution in [-0.2, 0) is 11.2 Å². The average molecular weight is 281 g/mol. The van der Waals surface area contributed by atoms with Gasteiger partial charge in [-0.25, -0.2) is 4.98 Å². The molecule has 2 aromatic rings. The first-order chi connectivity index (χ1) is 8.86. The van der Waals surface area contributed by atoms with Gasteiger partial charge in [-0.1, -0.05) is 32.5 Å². The number of hydrogen-bond donors (Lipinski definition) is 1. The van der Waals surface area contributed by atoms with Gasteiger partial charge in [-0.15, -0.1) is 0 Å². The highest BCUT2D eigenvalue weighted by Crippen LogP contribution is 2.28. The van der Waals surface area contributed by atoms with Gasteiger partial charge in [0.2, 0.25) is 5.43 Å². The van der Waals surface area contributed by atoms with E-state index in [1.165, 1.54) is 17.8 Å². The quantitative estimate of drug-likeness (QED) is 0.872. The summed E-state index contributed by atoms with van der Waals surface area (Å²) in [5, 5.41) is 9.61. The third-order valence-electron chi connectivity index (χ3n) is 2.43. The van der Waals surface area contributed by atoms with Crippen molar-refractivity contribution in [2.45, 2.75) is 37.2 Å². The van der Waals surface area contributed by atoms with Gasteiger partial charge in [-0.2, -0.15) is 0 Å². The number of aromatic hydroxyl groups is 1. The van der Waals surface area contributed by atoms with Gasteiger partial charge in [-0.3, -0.25) is 4.79 Å². The summed E-state index contributed by atoms with van der Waals surface area (Å²) in [4.78, 5) is 15.4. The largest absolute Gasteiger partial charge is 0.502 e. The Bertz CT molecular complexity index is 624. The predicted octanol–water partition coefficient (Wildman–Crippen LogP) is 2.92. The molecule has 0 atom stereocenters. The molecule has 2 rings (SSSR count). The Morgan fingerprint density at radius 3 is 2.74 bits per heavy atom. The van der Waals surface area contributed by atoms with E-state index in [2.05, 4.69) is 4.98 Å². The molecule has 0 amide bonds. The molecule has 5 nitrogen and oxygen atoms in total. The lowest BCUT2D eigenvalue weighted by molar-refractivity contribution is 0.354. The number of thioether (sulfide) groups is 1. The minimum Gasteiger partial charge on any atom is -0.502 e. The van der Waals surface area contributed by atoms with Gasteiger partial charge in [0.25, 0.3) is 5.22 Å². The van der Waals surface area contributed by atoms with E-state index in [0.29, 0.717) is 16.7 Å². The van der Waals surface area contributed by atoms with Gasteiger partial charge in [-0.05, 0) is 0 Å². The Morgan fingerprint density at radius 2 is 2.16 bits per heavy atom. The molecule has 0 spiro atoms. The summed E-state index contributed by atoms with van der Waals surface area (Å²) in [7, 11) is 0. The highest BCUT2D eigenvalue weighted by Gasteiger charge is 2.19. The number of rotatable bonds is 3. The van der Waals surface area contributed by atoms with E-state index in [0.717, 1.165) is 12.0 Å². The van der Waals surface area contributed by atoms with E-state index in [4.69, 9.17) is 13.9 Å². The number of aromatic nitrogens is 1. The van der Waals surface area contributed by atoms with Crippen LogP contribution in [0.2, 0.25) is 0 Å². The normalized spacial score (nSPS) is 11.7. The zero-order valence-corrected chi connectivity index (χ0v) is 11.8. The summed E-state index contributed by atoms with van der Waals surface area (Å²) in [5.41, 5.74) is -0.540. The highest BCUT2D eigenvalue weighted by atomic mass is 32.2. The molecule has 0 saturated heterocycles. The van der Waals surface area contributed by atoms with Crippen LogP contribution in [0.3, 0.4) is 0 Å². The van der Waals surface area contributed by atoms with Crippen LogP contribution in [0.4, 0.5) is 0 Å². The Balaban J connectivity index is 2.04. The van der Waals surface area contributed by atoms with Crippen LogP contribution in [0.1, 0.15) is 32.3 Å². The van der Waals surface area contributed by atoms with Crippen LogP contribution in [0.15, 0.2) is 37.4 Å². The maximum Gasteiger partial charge on any atom is 0.256 e. The monoisotopic (exact) mass is 281 g/mol. The first-order valence-corrected chi connectivity index (χ1v) is 6.74. The van der Waals surface area contributed by atoms with Crippen molar-refractivity contribution in [2.75, 3.05) is 0 Å². The number of nitrogens with zero attached hydrogens (tertiary/aromatic N) is 1. The zero-order valence-electron chi connectivity index (χ0n) is 11.0. The molecule has 0 unspecified atom stereocenters. The minimum absolute atomic E-state index is 0.0864. The lowest BCUT2D eigenvalue weighted by Crippen LogP contribution is -2.09. The fourth-order valence-electron chi connectivity index (χ4n) is 1.32. The standard InChI is InChI=1S/C13H15NO4S/c1-13(2,3)11-5-14-12(18-11)19-7-8-4-9(15)10(16)6-17-8/h4-6,16H,7H2,1-3H3. The average Bonchev–Trinajstić information content (AvgIpc) is 2.79. The van der Waals surface area contributed by atoms with Crippen LogP contribution >= 0.6 is 11.8 Å². The lowest BCUT2D eigenvalue weighted by Gasteiger charge is -2.12. The van der Waals surface area contributed by atoms with E-state index < -0.39 is 5.43 Å². The van der Waals surface area contributed by atoms with E-state index >= 15 is 0 Å². The second-order valence-electron chi connectivity index (χ2n) is 5.12. The maximum atomic E-state index is 11.2. The van der Waals surface area contributed by atoms with E-state index in [-0.39, 0.29) is 11.2 Å².